The molecule has 2 heterocycles. The predicted octanol–water partition coefficient (Wildman–Crippen LogP) is 1.53. The van der Waals surface area contributed by atoms with E-state index in [-0.39, 0.29) is 0 Å². The van der Waals surface area contributed by atoms with E-state index in [9.17, 15) is 4.79 Å². The molecule has 1 aromatic carbocycles. The van der Waals surface area contributed by atoms with Crippen LogP contribution in [0.2, 0.25) is 0 Å². The van der Waals surface area contributed by atoms with Crippen LogP contribution in [0.5, 0.6) is 0 Å². The summed E-state index contributed by atoms with van der Waals surface area (Å²) >= 11 is 0. The Bertz CT molecular complexity index is 648. The van der Waals surface area contributed by atoms with E-state index in [0.29, 0.717) is 17.9 Å². The number of piperidine rings is 1. The van der Waals surface area contributed by atoms with Crippen LogP contribution in [0, 0.1) is 5.92 Å². The van der Waals surface area contributed by atoms with Gasteiger partial charge in [-0.25, -0.2) is 0 Å². The number of H-pyrrole nitrogens is 1. The minimum Gasteiger partial charge on any atom is -0.361 e. The van der Waals surface area contributed by atoms with Crippen molar-refractivity contribution in [3.05, 3.63) is 35.5 Å². The van der Waals surface area contributed by atoms with Crippen molar-refractivity contribution in [1.82, 2.24) is 15.6 Å². The normalized spacial score (nSPS) is 28.1. The van der Waals surface area contributed by atoms with Crippen molar-refractivity contribution < 1.29 is 4.79 Å². The summed E-state index contributed by atoms with van der Waals surface area (Å²) in [6, 6.07) is 7.11. The van der Waals surface area contributed by atoms with Gasteiger partial charge in [-0.1, -0.05) is 12.1 Å². The highest BCUT2D eigenvalue weighted by molar-refractivity contribution is 5.88. The van der Waals surface area contributed by atoms with E-state index in [0.717, 1.165) is 32.3 Å². The van der Waals surface area contributed by atoms with Crippen molar-refractivity contribution in [2.45, 2.75) is 24.8 Å². The van der Waals surface area contributed by atoms with Gasteiger partial charge >= 0.3 is 0 Å². The Balaban J connectivity index is 1.69. The number of hydrogen-bond donors (Lipinski definition) is 3. The maximum Gasteiger partial charge on any atom is 0.207 e. The standard InChI is InChI=1S/C16H19N3O/c20-9-17-6-10-4-13-12-2-1-3-14-16(12)11(8-19-14)5-15(13)18-7-10/h1-3,8-10,13,15,18-19H,4-7H2,(H,17,20)/t10?,13-,15-/m1/s1. The number of carbonyl (C=O) groups excluding carboxylic acids is 1. The third kappa shape index (κ3) is 1.75. The van der Waals surface area contributed by atoms with Crippen LogP contribution >= 0.6 is 0 Å². The summed E-state index contributed by atoms with van der Waals surface area (Å²) in [6.07, 6.45) is 5.22. The second-order valence-electron chi connectivity index (χ2n) is 6.04. The van der Waals surface area contributed by atoms with E-state index < -0.39 is 0 Å². The fraction of sp³-hybridized carbons (Fsp3) is 0.438. The van der Waals surface area contributed by atoms with Crippen LogP contribution in [0.4, 0.5) is 0 Å². The lowest BCUT2D eigenvalue weighted by atomic mass is 9.73. The molecule has 3 N–H and O–H groups in total. The quantitative estimate of drug-likeness (QED) is 0.740. The van der Waals surface area contributed by atoms with Crippen molar-refractivity contribution >= 4 is 17.3 Å². The molecule has 104 valence electrons. The number of hydrogen-bond acceptors (Lipinski definition) is 2. The summed E-state index contributed by atoms with van der Waals surface area (Å²) in [7, 11) is 0. The van der Waals surface area contributed by atoms with Crippen LogP contribution in [0.15, 0.2) is 24.4 Å². The van der Waals surface area contributed by atoms with Gasteiger partial charge in [0.25, 0.3) is 0 Å². The molecule has 0 saturated carbocycles. The second-order valence-corrected chi connectivity index (χ2v) is 6.04. The molecule has 0 radical (unpaired) electrons. The van der Waals surface area contributed by atoms with Crippen LogP contribution in [-0.4, -0.2) is 30.5 Å². The van der Waals surface area contributed by atoms with Gasteiger partial charge in [-0.2, -0.15) is 0 Å². The molecule has 2 aromatic rings. The van der Waals surface area contributed by atoms with E-state index >= 15 is 0 Å². The molecule has 0 spiro atoms. The lowest BCUT2D eigenvalue weighted by molar-refractivity contribution is -0.109. The van der Waals surface area contributed by atoms with Gasteiger partial charge in [0.1, 0.15) is 0 Å². The first-order valence-corrected chi connectivity index (χ1v) is 7.36. The maximum absolute atomic E-state index is 10.5. The predicted molar refractivity (Wildman–Crippen MR) is 78.7 cm³/mol. The van der Waals surface area contributed by atoms with Gasteiger partial charge in [0, 0.05) is 35.6 Å². The first-order chi connectivity index (χ1) is 9.86. The summed E-state index contributed by atoms with van der Waals surface area (Å²) in [4.78, 5) is 13.9. The monoisotopic (exact) mass is 269 g/mol. The molecule has 4 rings (SSSR count). The van der Waals surface area contributed by atoms with Crippen molar-refractivity contribution in [3.63, 3.8) is 0 Å². The first kappa shape index (κ1) is 12.0. The molecule has 1 aromatic heterocycles. The molecule has 4 heteroatoms. The van der Waals surface area contributed by atoms with Gasteiger partial charge in [-0.3, -0.25) is 4.79 Å². The first-order valence-electron chi connectivity index (χ1n) is 7.36. The van der Waals surface area contributed by atoms with Crippen LogP contribution in [0.25, 0.3) is 10.9 Å². The molecule has 3 atom stereocenters. The average Bonchev–Trinajstić information content (AvgIpc) is 2.90. The van der Waals surface area contributed by atoms with E-state index in [1.165, 1.54) is 22.0 Å². The lowest BCUT2D eigenvalue weighted by Crippen LogP contribution is -2.48. The molecule has 1 aliphatic carbocycles. The highest BCUT2D eigenvalue weighted by Gasteiger charge is 2.35. The number of carbonyl (C=O) groups is 1. The van der Waals surface area contributed by atoms with E-state index in [4.69, 9.17) is 0 Å². The summed E-state index contributed by atoms with van der Waals surface area (Å²) in [5, 5.41) is 7.94. The topological polar surface area (TPSA) is 56.9 Å². The second kappa shape index (κ2) is 4.63. The molecular formula is C16H19N3O. The zero-order chi connectivity index (χ0) is 13.5. The SMILES string of the molecule is O=CNCC1CN[C@@H]2Cc3c[nH]c4cccc(c34)[C@H]2C1. The number of aromatic amines is 1. The number of fused-ring (bicyclic) bond motifs is 2. The third-order valence-corrected chi connectivity index (χ3v) is 4.89. The number of rotatable bonds is 3. The molecule has 1 saturated heterocycles. The number of amides is 1. The van der Waals surface area contributed by atoms with Crippen molar-refractivity contribution in [2.75, 3.05) is 13.1 Å². The summed E-state index contributed by atoms with van der Waals surface area (Å²) in [5.74, 6) is 1.09. The van der Waals surface area contributed by atoms with Gasteiger partial charge < -0.3 is 15.6 Å². The molecule has 1 amide bonds. The number of aromatic nitrogens is 1. The van der Waals surface area contributed by atoms with Gasteiger partial charge in [0.05, 0.1) is 0 Å². The van der Waals surface area contributed by atoms with Gasteiger partial charge in [0.2, 0.25) is 6.41 Å². The fourth-order valence-electron chi connectivity index (χ4n) is 3.99. The van der Waals surface area contributed by atoms with Crippen LogP contribution in [0.1, 0.15) is 23.5 Å². The molecular weight excluding hydrogens is 250 g/mol. The minimum absolute atomic E-state index is 0.525. The fourth-order valence-corrected chi connectivity index (χ4v) is 3.99. The van der Waals surface area contributed by atoms with Crippen molar-refractivity contribution in [1.29, 1.82) is 0 Å². The van der Waals surface area contributed by atoms with Gasteiger partial charge in [-0.15, -0.1) is 0 Å². The van der Waals surface area contributed by atoms with Crippen LogP contribution in [0.3, 0.4) is 0 Å². The van der Waals surface area contributed by atoms with Gasteiger partial charge in [-0.05, 0) is 42.5 Å². The van der Waals surface area contributed by atoms with E-state index in [1.54, 1.807) is 0 Å². The lowest BCUT2D eigenvalue weighted by Gasteiger charge is -2.40. The van der Waals surface area contributed by atoms with Crippen molar-refractivity contribution in [2.24, 2.45) is 5.92 Å². The minimum atomic E-state index is 0.525. The summed E-state index contributed by atoms with van der Waals surface area (Å²) in [5.41, 5.74) is 4.16. The van der Waals surface area contributed by atoms with Crippen LogP contribution in [-0.2, 0) is 11.2 Å². The van der Waals surface area contributed by atoms with Crippen LogP contribution < -0.4 is 10.6 Å². The Kier molecular flexibility index (Phi) is 2.77. The highest BCUT2D eigenvalue weighted by Crippen LogP contribution is 2.41. The maximum atomic E-state index is 10.5. The van der Waals surface area contributed by atoms with E-state index in [2.05, 4.69) is 40.0 Å². The largest absolute Gasteiger partial charge is 0.361 e. The Morgan fingerprint density at radius 3 is 3.25 bits per heavy atom. The summed E-state index contributed by atoms with van der Waals surface area (Å²) < 4.78 is 0. The average molecular weight is 269 g/mol. The molecule has 1 unspecified atom stereocenters. The molecule has 0 bridgehead atoms. The number of benzene rings is 1. The zero-order valence-corrected chi connectivity index (χ0v) is 11.4. The molecule has 4 nitrogen and oxygen atoms in total. The van der Waals surface area contributed by atoms with E-state index in [1.807, 2.05) is 0 Å². The van der Waals surface area contributed by atoms with Crippen molar-refractivity contribution in [3.8, 4) is 0 Å². The Labute approximate surface area is 117 Å². The molecule has 20 heavy (non-hydrogen) atoms. The molecule has 1 aliphatic heterocycles. The highest BCUT2D eigenvalue weighted by atomic mass is 16.1. The van der Waals surface area contributed by atoms with Gasteiger partial charge in [0.15, 0.2) is 0 Å². The Hall–Kier alpha value is -1.81. The Morgan fingerprint density at radius 2 is 2.35 bits per heavy atom. The smallest absolute Gasteiger partial charge is 0.207 e. The summed E-state index contributed by atoms with van der Waals surface area (Å²) in [6.45, 7) is 1.77. The number of nitrogens with one attached hydrogen (secondary N) is 3. The molecule has 2 aliphatic rings. The third-order valence-electron chi connectivity index (χ3n) is 4.89. The molecule has 1 fully saturated rings. The Morgan fingerprint density at radius 1 is 1.40 bits per heavy atom. The zero-order valence-electron chi connectivity index (χ0n) is 11.4.